The van der Waals surface area contributed by atoms with E-state index in [-0.39, 0.29) is 5.82 Å². The molecule has 0 aliphatic heterocycles. The predicted octanol–water partition coefficient (Wildman–Crippen LogP) is 3.52. The molecule has 1 N–H and O–H groups in total. The molecule has 2 rings (SSSR count). The van der Waals surface area contributed by atoms with E-state index in [1.165, 1.54) is 24.8 Å². The van der Waals surface area contributed by atoms with Gasteiger partial charge in [0.2, 0.25) is 0 Å². The molecule has 2 atom stereocenters. The maximum Gasteiger partial charge on any atom is 0.124 e. The van der Waals surface area contributed by atoms with E-state index in [1.807, 2.05) is 13.1 Å². The number of benzene rings is 1. The van der Waals surface area contributed by atoms with Crippen molar-refractivity contribution >= 4 is 15.9 Å². The molecule has 2 unspecified atom stereocenters. The molecule has 1 nitrogen and oxygen atoms in total. The van der Waals surface area contributed by atoms with Gasteiger partial charge in [0, 0.05) is 10.5 Å². The fourth-order valence-corrected chi connectivity index (χ4v) is 3.14. The highest BCUT2D eigenvalue weighted by atomic mass is 79.9. The lowest BCUT2D eigenvalue weighted by Crippen LogP contribution is -2.30. The Morgan fingerprint density at radius 2 is 2.25 bits per heavy atom. The van der Waals surface area contributed by atoms with Gasteiger partial charge in [-0.1, -0.05) is 28.4 Å². The predicted molar refractivity (Wildman–Crippen MR) is 68.0 cm³/mol. The smallest absolute Gasteiger partial charge is 0.124 e. The molecule has 0 amide bonds. The molecule has 1 aromatic carbocycles. The molecular formula is C13H17BrFN. The molecule has 3 heteroatoms. The summed E-state index contributed by atoms with van der Waals surface area (Å²) < 4.78 is 13.9. The van der Waals surface area contributed by atoms with Crippen molar-refractivity contribution in [1.29, 1.82) is 0 Å². The second-order valence-electron chi connectivity index (χ2n) is 4.53. The first-order valence-electron chi connectivity index (χ1n) is 5.82. The summed E-state index contributed by atoms with van der Waals surface area (Å²) in [6, 6.07) is 5.61. The van der Waals surface area contributed by atoms with Crippen molar-refractivity contribution in [3.8, 4) is 0 Å². The van der Waals surface area contributed by atoms with E-state index in [0.29, 0.717) is 12.0 Å². The van der Waals surface area contributed by atoms with Crippen LogP contribution in [0.25, 0.3) is 0 Å². The van der Waals surface area contributed by atoms with E-state index in [4.69, 9.17) is 0 Å². The van der Waals surface area contributed by atoms with E-state index in [9.17, 15) is 4.39 Å². The molecule has 88 valence electrons. The topological polar surface area (TPSA) is 12.0 Å². The van der Waals surface area contributed by atoms with E-state index in [2.05, 4.69) is 21.2 Å². The van der Waals surface area contributed by atoms with Gasteiger partial charge < -0.3 is 5.32 Å². The first-order chi connectivity index (χ1) is 7.70. The number of halogens is 2. The Balaban J connectivity index is 2.08. The van der Waals surface area contributed by atoms with Gasteiger partial charge in [-0.05, 0) is 49.9 Å². The van der Waals surface area contributed by atoms with E-state index in [0.717, 1.165) is 10.9 Å². The van der Waals surface area contributed by atoms with Crippen LogP contribution in [0.2, 0.25) is 0 Å². The summed E-state index contributed by atoms with van der Waals surface area (Å²) in [5.41, 5.74) is 1.22. The lowest BCUT2D eigenvalue weighted by atomic mass is 9.95. The number of hydrogen-bond donors (Lipinski definition) is 1. The largest absolute Gasteiger partial charge is 0.317 e. The fourth-order valence-electron chi connectivity index (χ4n) is 2.63. The van der Waals surface area contributed by atoms with Crippen LogP contribution in [-0.2, 0) is 6.42 Å². The minimum absolute atomic E-state index is 0.174. The van der Waals surface area contributed by atoms with Crippen molar-refractivity contribution in [3.63, 3.8) is 0 Å². The molecule has 1 aliphatic rings. The molecule has 0 aromatic heterocycles. The molecular weight excluding hydrogens is 269 g/mol. The summed E-state index contributed by atoms with van der Waals surface area (Å²) in [5.74, 6) is 0.513. The molecule has 1 fully saturated rings. The average Bonchev–Trinajstić information content (AvgIpc) is 2.69. The first-order valence-corrected chi connectivity index (χ1v) is 6.61. The second-order valence-corrected chi connectivity index (χ2v) is 5.38. The fraction of sp³-hybridized carbons (Fsp3) is 0.538. The van der Waals surface area contributed by atoms with Gasteiger partial charge in [0.15, 0.2) is 0 Å². The Morgan fingerprint density at radius 1 is 1.44 bits per heavy atom. The van der Waals surface area contributed by atoms with Crippen LogP contribution in [0.1, 0.15) is 24.8 Å². The highest BCUT2D eigenvalue weighted by Crippen LogP contribution is 2.31. The molecule has 1 saturated carbocycles. The molecule has 0 heterocycles. The highest BCUT2D eigenvalue weighted by molar-refractivity contribution is 9.10. The Hall–Kier alpha value is -0.410. The van der Waals surface area contributed by atoms with Crippen LogP contribution in [0.3, 0.4) is 0 Å². The van der Waals surface area contributed by atoms with Crippen LogP contribution >= 0.6 is 15.9 Å². The maximum atomic E-state index is 13.0. The van der Waals surface area contributed by atoms with Gasteiger partial charge in [-0.25, -0.2) is 4.39 Å². The zero-order chi connectivity index (χ0) is 11.5. The quantitative estimate of drug-likeness (QED) is 0.896. The summed E-state index contributed by atoms with van der Waals surface area (Å²) in [4.78, 5) is 0. The van der Waals surface area contributed by atoms with E-state index < -0.39 is 0 Å². The Labute approximate surface area is 105 Å². The van der Waals surface area contributed by atoms with Crippen LogP contribution in [0.5, 0.6) is 0 Å². The normalized spacial score (nSPS) is 24.9. The minimum Gasteiger partial charge on any atom is -0.317 e. The van der Waals surface area contributed by atoms with Gasteiger partial charge in [0.1, 0.15) is 5.82 Å². The SMILES string of the molecule is CNC1CCCC1Cc1ccc(F)cc1Br. The number of rotatable bonds is 3. The van der Waals surface area contributed by atoms with Gasteiger partial charge in [-0.15, -0.1) is 0 Å². The molecule has 0 bridgehead atoms. The third-order valence-corrected chi connectivity index (χ3v) is 4.27. The van der Waals surface area contributed by atoms with Gasteiger partial charge in [0.05, 0.1) is 0 Å². The maximum absolute atomic E-state index is 13.0. The van der Waals surface area contributed by atoms with Crippen molar-refractivity contribution in [1.82, 2.24) is 5.32 Å². The van der Waals surface area contributed by atoms with E-state index >= 15 is 0 Å². The van der Waals surface area contributed by atoms with Gasteiger partial charge >= 0.3 is 0 Å². The Bertz CT molecular complexity index is 367. The number of nitrogens with one attached hydrogen (secondary N) is 1. The zero-order valence-electron chi connectivity index (χ0n) is 9.47. The third kappa shape index (κ3) is 2.64. The summed E-state index contributed by atoms with van der Waals surface area (Å²) >= 11 is 3.44. The van der Waals surface area contributed by atoms with Crippen LogP contribution in [0.4, 0.5) is 4.39 Å². The molecule has 0 saturated heterocycles. The molecule has 1 aromatic rings. The van der Waals surface area contributed by atoms with Crippen molar-refractivity contribution in [2.75, 3.05) is 7.05 Å². The van der Waals surface area contributed by atoms with E-state index in [1.54, 1.807) is 12.1 Å². The monoisotopic (exact) mass is 285 g/mol. The van der Waals surface area contributed by atoms with Crippen LogP contribution < -0.4 is 5.32 Å². The molecule has 1 aliphatic carbocycles. The van der Waals surface area contributed by atoms with Gasteiger partial charge in [-0.2, -0.15) is 0 Å². The van der Waals surface area contributed by atoms with Crippen LogP contribution in [-0.4, -0.2) is 13.1 Å². The summed E-state index contributed by atoms with van der Waals surface area (Å²) in [7, 11) is 2.03. The van der Waals surface area contributed by atoms with Crippen molar-refractivity contribution in [2.24, 2.45) is 5.92 Å². The Morgan fingerprint density at radius 3 is 2.94 bits per heavy atom. The van der Waals surface area contributed by atoms with Crippen molar-refractivity contribution in [3.05, 3.63) is 34.1 Å². The highest BCUT2D eigenvalue weighted by Gasteiger charge is 2.26. The standard InChI is InChI=1S/C13H17BrFN/c1-16-13-4-2-3-10(13)7-9-5-6-11(15)8-12(9)14/h5-6,8,10,13,16H,2-4,7H2,1H3. The van der Waals surface area contributed by atoms with Crippen LogP contribution in [0, 0.1) is 11.7 Å². The lowest BCUT2D eigenvalue weighted by molar-refractivity contribution is 0.423. The van der Waals surface area contributed by atoms with Crippen molar-refractivity contribution in [2.45, 2.75) is 31.7 Å². The zero-order valence-corrected chi connectivity index (χ0v) is 11.1. The van der Waals surface area contributed by atoms with Crippen LogP contribution in [0.15, 0.2) is 22.7 Å². The summed E-state index contributed by atoms with van der Waals surface area (Å²) in [5, 5.41) is 3.38. The molecule has 16 heavy (non-hydrogen) atoms. The molecule has 0 spiro atoms. The molecule has 0 radical (unpaired) electrons. The minimum atomic E-state index is -0.174. The Kier molecular flexibility index (Phi) is 3.98. The summed E-state index contributed by atoms with van der Waals surface area (Å²) in [6.07, 6.45) is 4.87. The third-order valence-electron chi connectivity index (χ3n) is 3.53. The van der Waals surface area contributed by atoms with Crippen molar-refractivity contribution < 1.29 is 4.39 Å². The first kappa shape index (κ1) is 12.1. The van der Waals surface area contributed by atoms with Gasteiger partial charge in [-0.3, -0.25) is 0 Å². The summed E-state index contributed by atoms with van der Waals surface area (Å²) in [6.45, 7) is 0. The van der Waals surface area contributed by atoms with Gasteiger partial charge in [0.25, 0.3) is 0 Å². The second kappa shape index (κ2) is 5.28. The average molecular weight is 286 g/mol. The lowest BCUT2D eigenvalue weighted by Gasteiger charge is -2.19. The number of hydrogen-bond acceptors (Lipinski definition) is 1.